The Kier molecular flexibility index (Phi) is 4.90. The number of benzene rings is 1. The van der Waals surface area contributed by atoms with Crippen LogP contribution in [0.3, 0.4) is 0 Å². The van der Waals surface area contributed by atoms with Crippen LogP contribution in [0.25, 0.3) is 10.9 Å². The lowest BCUT2D eigenvalue weighted by molar-refractivity contribution is 0.0880. The van der Waals surface area contributed by atoms with Crippen molar-refractivity contribution in [2.24, 2.45) is 0 Å². The van der Waals surface area contributed by atoms with Crippen LogP contribution >= 0.6 is 0 Å². The molecule has 0 atom stereocenters. The van der Waals surface area contributed by atoms with E-state index in [1.807, 2.05) is 13.0 Å². The average molecular weight is 367 g/mol. The predicted molar refractivity (Wildman–Crippen MR) is 101 cm³/mol. The van der Waals surface area contributed by atoms with Crippen molar-refractivity contribution in [1.82, 2.24) is 15.2 Å². The zero-order chi connectivity index (χ0) is 18.8. The number of pyridine rings is 1. The number of piperidine rings is 1. The summed E-state index contributed by atoms with van der Waals surface area (Å²) in [5, 5.41) is 3.62. The highest BCUT2D eigenvalue weighted by Gasteiger charge is 2.23. The van der Waals surface area contributed by atoms with Gasteiger partial charge < -0.3 is 9.73 Å². The maximum Gasteiger partial charge on any atom is 0.287 e. The molecule has 0 radical (unpaired) electrons. The smallest absolute Gasteiger partial charge is 0.287 e. The van der Waals surface area contributed by atoms with Gasteiger partial charge in [0.25, 0.3) is 5.91 Å². The van der Waals surface area contributed by atoms with Crippen LogP contribution < -0.4 is 5.32 Å². The maximum absolute atomic E-state index is 14.0. The standard InChI is InChI=1S/C21H22FN3O2/c1-14-8-12-27-20(14)21(26)24-16-6-10-25(11-7-16)13-15-4-5-18(22)17-3-2-9-23-19(15)17/h2-5,8-9,12,16H,6-7,10-11,13H2,1H3,(H,24,26). The quantitative estimate of drug-likeness (QED) is 0.764. The summed E-state index contributed by atoms with van der Waals surface area (Å²) in [6.07, 6.45) is 4.98. The van der Waals surface area contributed by atoms with Gasteiger partial charge in [0, 0.05) is 42.8 Å². The van der Waals surface area contributed by atoms with Crippen molar-refractivity contribution < 1.29 is 13.6 Å². The average Bonchev–Trinajstić information content (AvgIpc) is 3.12. The van der Waals surface area contributed by atoms with Crippen molar-refractivity contribution in [2.75, 3.05) is 13.1 Å². The van der Waals surface area contributed by atoms with Gasteiger partial charge >= 0.3 is 0 Å². The second-order valence-corrected chi connectivity index (χ2v) is 7.06. The molecule has 1 aromatic carbocycles. The molecule has 1 amide bonds. The summed E-state index contributed by atoms with van der Waals surface area (Å²) in [6, 6.07) is 8.78. The van der Waals surface area contributed by atoms with Crippen molar-refractivity contribution in [3.8, 4) is 0 Å². The first-order valence-electron chi connectivity index (χ1n) is 9.21. The van der Waals surface area contributed by atoms with E-state index in [2.05, 4.69) is 15.2 Å². The zero-order valence-corrected chi connectivity index (χ0v) is 15.2. The molecule has 0 unspecified atom stereocenters. The van der Waals surface area contributed by atoms with E-state index in [0.29, 0.717) is 11.1 Å². The SMILES string of the molecule is Cc1ccoc1C(=O)NC1CCN(Cc2ccc(F)c3cccnc23)CC1. The third kappa shape index (κ3) is 3.71. The number of aromatic nitrogens is 1. The molecule has 1 N–H and O–H groups in total. The maximum atomic E-state index is 14.0. The molecule has 3 heterocycles. The van der Waals surface area contributed by atoms with E-state index in [0.717, 1.165) is 49.1 Å². The zero-order valence-electron chi connectivity index (χ0n) is 15.2. The normalized spacial score (nSPS) is 15.9. The Balaban J connectivity index is 1.37. The molecule has 1 aliphatic heterocycles. The minimum Gasteiger partial charge on any atom is -0.459 e. The summed E-state index contributed by atoms with van der Waals surface area (Å²) in [6.45, 7) is 4.33. The molecule has 27 heavy (non-hydrogen) atoms. The van der Waals surface area contributed by atoms with Gasteiger partial charge in [-0.15, -0.1) is 0 Å². The van der Waals surface area contributed by atoms with Crippen LogP contribution in [0.5, 0.6) is 0 Å². The summed E-state index contributed by atoms with van der Waals surface area (Å²) >= 11 is 0. The Morgan fingerprint density at radius 1 is 1.30 bits per heavy atom. The molecule has 4 rings (SSSR count). The molecule has 0 spiro atoms. The summed E-state index contributed by atoms with van der Waals surface area (Å²) < 4.78 is 19.2. The molecule has 140 valence electrons. The highest BCUT2D eigenvalue weighted by atomic mass is 19.1. The topological polar surface area (TPSA) is 58.4 Å². The highest BCUT2D eigenvalue weighted by Crippen LogP contribution is 2.22. The lowest BCUT2D eigenvalue weighted by Crippen LogP contribution is -2.44. The van der Waals surface area contributed by atoms with Gasteiger partial charge in [0.05, 0.1) is 11.8 Å². The van der Waals surface area contributed by atoms with Gasteiger partial charge in [-0.25, -0.2) is 4.39 Å². The van der Waals surface area contributed by atoms with Gasteiger partial charge in [-0.3, -0.25) is 14.7 Å². The minimum atomic E-state index is -0.239. The summed E-state index contributed by atoms with van der Waals surface area (Å²) in [5.74, 6) is 0.00227. The number of furan rings is 1. The van der Waals surface area contributed by atoms with Crippen LogP contribution in [0, 0.1) is 12.7 Å². The number of hydrogen-bond donors (Lipinski definition) is 1. The van der Waals surface area contributed by atoms with Crippen molar-refractivity contribution in [3.63, 3.8) is 0 Å². The molecule has 1 fully saturated rings. The second kappa shape index (κ2) is 7.48. The lowest BCUT2D eigenvalue weighted by Gasteiger charge is -2.32. The van der Waals surface area contributed by atoms with Gasteiger partial charge in [0.2, 0.25) is 0 Å². The Bertz CT molecular complexity index is 961. The van der Waals surface area contributed by atoms with Crippen LogP contribution in [0.2, 0.25) is 0 Å². The number of hydrogen-bond acceptors (Lipinski definition) is 4. The number of likely N-dealkylation sites (tertiary alicyclic amines) is 1. The van der Waals surface area contributed by atoms with E-state index in [4.69, 9.17) is 4.42 Å². The number of carbonyl (C=O) groups excluding carboxylic acids is 1. The van der Waals surface area contributed by atoms with Crippen LogP contribution in [0.4, 0.5) is 4.39 Å². The van der Waals surface area contributed by atoms with Crippen LogP contribution in [0.15, 0.2) is 47.2 Å². The van der Waals surface area contributed by atoms with E-state index in [-0.39, 0.29) is 17.8 Å². The van der Waals surface area contributed by atoms with Gasteiger partial charge in [0.15, 0.2) is 5.76 Å². The van der Waals surface area contributed by atoms with Gasteiger partial charge in [-0.1, -0.05) is 6.07 Å². The van der Waals surface area contributed by atoms with E-state index < -0.39 is 0 Å². The molecule has 3 aromatic rings. The van der Waals surface area contributed by atoms with E-state index >= 15 is 0 Å². The molecular formula is C21H22FN3O2. The van der Waals surface area contributed by atoms with Crippen molar-refractivity contribution >= 4 is 16.8 Å². The fraction of sp³-hybridized carbons (Fsp3) is 0.333. The van der Waals surface area contributed by atoms with Gasteiger partial charge in [0.1, 0.15) is 5.82 Å². The third-order valence-corrected chi connectivity index (χ3v) is 5.19. The largest absolute Gasteiger partial charge is 0.459 e. The Morgan fingerprint density at radius 2 is 2.11 bits per heavy atom. The molecule has 2 aromatic heterocycles. The van der Waals surface area contributed by atoms with E-state index in [1.165, 1.54) is 12.3 Å². The van der Waals surface area contributed by atoms with Crippen molar-refractivity contribution in [3.05, 3.63) is 65.5 Å². The van der Waals surface area contributed by atoms with E-state index in [9.17, 15) is 9.18 Å². The third-order valence-electron chi connectivity index (χ3n) is 5.19. The first-order chi connectivity index (χ1) is 13.1. The monoisotopic (exact) mass is 367 g/mol. The number of rotatable bonds is 4. The Labute approximate surface area is 157 Å². The van der Waals surface area contributed by atoms with E-state index in [1.54, 1.807) is 24.4 Å². The Hall–Kier alpha value is -2.73. The van der Waals surface area contributed by atoms with Crippen LogP contribution in [-0.4, -0.2) is 34.9 Å². The van der Waals surface area contributed by atoms with Gasteiger partial charge in [-0.05, 0) is 49.6 Å². The van der Waals surface area contributed by atoms with Crippen molar-refractivity contribution in [1.29, 1.82) is 0 Å². The molecule has 1 saturated heterocycles. The van der Waals surface area contributed by atoms with Crippen LogP contribution in [-0.2, 0) is 6.54 Å². The van der Waals surface area contributed by atoms with Crippen molar-refractivity contribution in [2.45, 2.75) is 32.4 Å². The molecule has 0 aliphatic carbocycles. The summed E-state index contributed by atoms with van der Waals surface area (Å²) in [5.41, 5.74) is 2.60. The Morgan fingerprint density at radius 3 is 2.85 bits per heavy atom. The predicted octanol–water partition coefficient (Wildman–Crippen LogP) is 3.67. The second-order valence-electron chi connectivity index (χ2n) is 7.06. The van der Waals surface area contributed by atoms with Crippen LogP contribution in [0.1, 0.15) is 34.5 Å². The molecule has 5 nitrogen and oxygen atoms in total. The molecular weight excluding hydrogens is 345 g/mol. The summed E-state index contributed by atoms with van der Waals surface area (Å²) in [4.78, 5) is 19.0. The molecule has 6 heteroatoms. The number of halogens is 1. The number of carbonyl (C=O) groups is 1. The fourth-order valence-corrected chi connectivity index (χ4v) is 3.66. The molecule has 0 bridgehead atoms. The molecule has 1 aliphatic rings. The minimum absolute atomic E-state index is 0.140. The number of nitrogens with zero attached hydrogens (tertiary/aromatic N) is 2. The summed E-state index contributed by atoms with van der Waals surface area (Å²) in [7, 11) is 0. The fourth-order valence-electron chi connectivity index (χ4n) is 3.66. The first kappa shape index (κ1) is 17.7. The number of aryl methyl sites for hydroxylation is 1. The number of amides is 1. The molecule has 0 saturated carbocycles. The number of fused-ring (bicyclic) bond motifs is 1. The first-order valence-corrected chi connectivity index (χ1v) is 9.21. The van der Waals surface area contributed by atoms with Gasteiger partial charge in [-0.2, -0.15) is 0 Å². The highest BCUT2D eigenvalue weighted by molar-refractivity contribution is 5.93. The number of nitrogens with one attached hydrogen (secondary N) is 1. The lowest BCUT2D eigenvalue weighted by atomic mass is 10.0.